The van der Waals surface area contributed by atoms with Crippen molar-refractivity contribution in [3.05, 3.63) is 63.3 Å². The molecule has 0 saturated heterocycles. The third-order valence-corrected chi connectivity index (χ3v) is 8.02. The molecule has 0 aliphatic rings. The van der Waals surface area contributed by atoms with Gasteiger partial charge in [0.15, 0.2) is 11.0 Å². The maximum absolute atomic E-state index is 12.9. The summed E-state index contributed by atoms with van der Waals surface area (Å²) < 4.78 is 7.87. The highest BCUT2D eigenvalue weighted by molar-refractivity contribution is 9.10. The Labute approximate surface area is 232 Å². The number of anilines is 1. The largest absolute Gasteiger partial charge is 0.497 e. The topological polar surface area (TPSA) is 98.1 Å². The molecule has 8 nitrogen and oxygen atoms in total. The summed E-state index contributed by atoms with van der Waals surface area (Å²) in [5.41, 5.74) is 1.15. The predicted octanol–water partition coefficient (Wildman–Crippen LogP) is 5.68. The van der Waals surface area contributed by atoms with Crippen LogP contribution in [0.4, 0.5) is 5.69 Å². The first-order chi connectivity index (χ1) is 17.4. The van der Waals surface area contributed by atoms with Crippen molar-refractivity contribution in [3.8, 4) is 5.75 Å². The second-order valence-electron chi connectivity index (χ2n) is 7.59. The number of amides is 2. The van der Waals surface area contributed by atoms with E-state index in [-0.39, 0.29) is 23.6 Å². The van der Waals surface area contributed by atoms with Crippen LogP contribution >= 0.6 is 51.1 Å². The van der Waals surface area contributed by atoms with Crippen molar-refractivity contribution in [2.45, 2.75) is 31.1 Å². The van der Waals surface area contributed by atoms with Gasteiger partial charge in [-0.2, -0.15) is 11.8 Å². The van der Waals surface area contributed by atoms with Gasteiger partial charge in [0.1, 0.15) is 5.75 Å². The van der Waals surface area contributed by atoms with Crippen molar-refractivity contribution >= 4 is 68.6 Å². The van der Waals surface area contributed by atoms with Gasteiger partial charge in [-0.05, 0) is 83.7 Å². The van der Waals surface area contributed by atoms with Crippen molar-refractivity contribution in [2.75, 3.05) is 30.2 Å². The predicted molar refractivity (Wildman–Crippen MR) is 150 cm³/mol. The van der Waals surface area contributed by atoms with Gasteiger partial charge in [0, 0.05) is 22.3 Å². The van der Waals surface area contributed by atoms with Crippen LogP contribution in [0, 0.1) is 0 Å². The smallest absolute Gasteiger partial charge is 0.251 e. The van der Waals surface area contributed by atoms with Crippen molar-refractivity contribution in [3.63, 3.8) is 0 Å². The number of hydrogen-bond donors (Lipinski definition) is 2. The number of nitrogens with zero attached hydrogens (tertiary/aromatic N) is 3. The number of halogens is 2. The highest BCUT2D eigenvalue weighted by Gasteiger charge is 2.23. The Balaban J connectivity index is 1.70. The zero-order valence-corrected chi connectivity index (χ0v) is 24.1. The molecule has 0 aliphatic carbocycles. The lowest BCUT2D eigenvalue weighted by atomic mass is 10.1. The van der Waals surface area contributed by atoms with E-state index in [1.165, 1.54) is 11.8 Å². The monoisotopic (exact) mass is 611 g/mol. The van der Waals surface area contributed by atoms with Crippen LogP contribution in [-0.4, -0.2) is 51.5 Å². The van der Waals surface area contributed by atoms with E-state index in [0.717, 1.165) is 10.2 Å². The average molecular weight is 613 g/mol. The molecule has 2 N–H and O–H groups in total. The van der Waals surface area contributed by atoms with E-state index in [4.69, 9.17) is 16.3 Å². The zero-order valence-electron chi connectivity index (χ0n) is 20.1. The summed E-state index contributed by atoms with van der Waals surface area (Å²) in [6, 6.07) is 11.9. The van der Waals surface area contributed by atoms with Crippen LogP contribution in [0.1, 0.15) is 35.6 Å². The quantitative estimate of drug-likeness (QED) is 0.254. The molecule has 1 atom stereocenters. The fraction of sp³-hybridized carbons (Fsp3) is 0.333. The molecule has 0 spiro atoms. The molecular formula is C24H27BrClN5O3S2. The first-order valence-corrected chi connectivity index (χ1v) is 14.7. The molecule has 3 rings (SSSR count). The van der Waals surface area contributed by atoms with Gasteiger partial charge in [-0.1, -0.05) is 23.4 Å². The molecule has 2 amide bonds. The number of ether oxygens (including phenoxy) is 1. The summed E-state index contributed by atoms with van der Waals surface area (Å²) >= 11 is 12.4. The summed E-state index contributed by atoms with van der Waals surface area (Å²) in [6.07, 6.45) is 2.71. The van der Waals surface area contributed by atoms with Gasteiger partial charge in [0.05, 0.1) is 23.9 Å². The molecule has 0 unspecified atom stereocenters. The first kappa shape index (κ1) is 28.4. The normalized spacial score (nSPS) is 11.7. The molecule has 0 bridgehead atoms. The molecule has 2 aromatic carbocycles. The summed E-state index contributed by atoms with van der Waals surface area (Å²) in [5.74, 6) is 1.96. The van der Waals surface area contributed by atoms with Crippen LogP contribution < -0.4 is 15.4 Å². The molecule has 0 radical (unpaired) electrons. The molecule has 36 heavy (non-hydrogen) atoms. The van der Waals surface area contributed by atoms with Crippen LogP contribution in [0.15, 0.2) is 52.1 Å². The second kappa shape index (κ2) is 13.9. The SMILES string of the molecule is CCn1c(SCC(=O)Nc2ccc(Br)c(Cl)c2)nnc1[C@H](CCSC)NC(=O)c1ccc(OC)cc1. The minimum Gasteiger partial charge on any atom is -0.497 e. The molecule has 192 valence electrons. The van der Waals surface area contributed by atoms with Gasteiger partial charge in [-0.15, -0.1) is 10.2 Å². The lowest BCUT2D eigenvalue weighted by Gasteiger charge is -2.19. The molecule has 12 heteroatoms. The molecule has 0 saturated carbocycles. The molecule has 1 heterocycles. The lowest BCUT2D eigenvalue weighted by Crippen LogP contribution is -2.31. The van der Waals surface area contributed by atoms with E-state index in [0.29, 0.717) is 46.0 Å². The Morgan fingerprint density at radius 2 is 1.94 bits per heavy atom. The summed E-state index contributed by atoms with van der Waals surface area (Å²) in [6.45, 7) is 2.58. The standard InChI is InChI=1S/C24H27BrClN5O3S2/c1-4-31-22(20(11-12-35-3)28-23(33)15-5-8-17(34-2)9-6-15)29-30-24(31)36-14-21(32)27-16-7-10-18(25)19(26)13-16/h5-10,13,20H,4,11-12,14H2,1-3H3,(H,27,32)(H,28,33)/t20-/m0/s1. The second-order valence-corrected chi connectivity index (χ2v) is 10.8. The van der Waals surface area contributed by atoms with Gasteiger partial charge < -0.3 is 19.9 Å². The van der Waals surface area contributed by atoms with Crippen molar-refractivity contribution < 1.29 is 14.3 Å². The highest BCUT2D eigenvalue weighted by atomic mass is 79.9. The van der Waals surface area contributed by atoms with Gasteiger partial charge in [0.25, 0.3) is 5.91 Å². The van der Waals surface area contributed by atoms with E-state index in [1.54, 1.807) is 61.3 Å². The highest BCUT2D eigenvalue weighted by Crippen LogP contribution is 2.27. The number of aromatic nitrogens is 3. The number of rotatable bonds is 12. The van der Waals surface area contributed by atoms with E-state index < -0.39 is 0 Å². The molecule has 0 fully saturated rings. The molecular weight excluding hydrogens is 586 g/mol. The number of carbonyl (C=O) groups excluding carboxylic acids is 2. The fourth-order valence-corrected chi connectivity index (χ4v) is 5.06. The maximum Gasteiger partial charge on any atom is 0.251 e. The van der Waals surface area contributed by atoms with E-state index in [9.17, 15) is 9.59 Å². The number of thioether (sulfide) groups is 2. The number of hydrogen-bond acceptors (Lipinski definition) is 7. The van der Waals surface area contributed by atoms with Crippen LogP contribution in [-0.2, 0) is 11.3 Å². The molecule has 3 aromatic rings. The van der Waals surface area contributed by atoms with Crippen molar-refractivity contribution in [2.24, 2.45) is 0 Å². The van der Waals surface area contributed by atoms with Gasteiger partial charge in [-0.3, -0.25) is 9.59 Å². The minimum atomic E-state index is -0.326. The summed E-state index contributed by atoms with van der Waals surface area (Å²) in [4.78, 5) is 25.4. The van der Waals surface area contributed by atoms with Crippen molar-refractivity contribution in [1.29, 1.82) is 0 Å². The molecule has 1 aromatic heterocycles. The lowest BCUT2D eigenvalue weighted by molar-refractivity contribution is -0.113. The van der Waals surface area contributed by atoms with Crippen LogP contribution in [0.5, 0.6) is 5.75 Å². The number of benzene rings is 2. The number of nitrogens with one attached hydrogen (secondary N) is 2. The van der Waals surface area contributed by atoms with Crippen LogP contribution in [0.25, 0.3) is 0 Å². The summed E-state index contributed by atoms with van der Waals surface area (Å²) in [5, 5.41) is 15.8. The van der Waals surface area contributed by atoms with Gasteiger partial charge in [-0.25, -0.2) is 0 Å². The first-order valence-electron chi connectivity index (χ1n) is 11.1. The summed E-state index contributed by atoms with van der Waals surface area (Å²) in [7, 11) is 1.58. The van der Waals surface area contributed by atoms with E-state index >= 15 is 0 Å². The Hall–Kier alpha value is -2.21. The average Bonchev–Trinajstić information content (AvgIpc) is 3.30. The van der Waals surface area contributed by atoms with Gasteiger partial charge in [0.2, 0.25) is 5.91 Å². The minimum absolute atomic E-state index is 0.152. The van der Waals surface area contributed by atoms with Crippen LogP contribution in [0.2, 0.25) is 5.02 Å². The number of carbonyl (C=O) groups is 2. The third-order valence-electron chi connectivity index (χ3n) is 5.18. The Morgan fingerprint density at radius 3 is 2.58 bits per heavy atom. The van der Waals surface area contributed by atoms with Crippen LogP contribution in [0.3, 0.4) is 0 Å². The van der Waals surface area contributed by atoms with E-state index in [1.807, 2.05) is 17.7 Å². The number of methoxy groups -OCH3 is 1. The van der Waals surface area contributed by atoms with E-state index in [2.05, 4.69) is 36.8 Å². The maximum atomic E-state index is 12.9. The Bertz CT molecular complexity index is 1190. The Kier molecular flexibility index (Phi) is 11.0. The van der Waals surface area contributed by atoms with Crippen molar-refractivity contribution in [1.82, 2.24) is 20.1 Å². The van der Waals surface area contributed by atoms with Gasteiger partial charge >= 0.3 is 0 Å². The fourth-order valence-electron chi connectivity index (χ4n) is 3.35. The zero-order chi connectivity index (χ0) is 26.1. The molecule has 0 aliphatic heterocycles. The Morgan fingerprint density at radius 1 is 1.19 bits per heavy atom. The third kappa shape index (κ3) is 7.64.